The summed E-state index contributed by atoms with van der Waals surface area (Å²) >= 11 is 0. The predicted octanol–water partition coefficient (Wildman–Crippen LogP) is 3.84. The molecule has 3 heterocycles. The van der Waals surface area contributed by atoms with Gasteiger partial charge in [0, 0.05) is 37.3 Å². The summed E-state index contributed by atoms with van der Waals surface area (Å²) in [7, 11) is 2.04. The maximum atomic E-state index is 13.1. The molecule has 1 aliphatic heterocycles. The first-order valence-corrected chi connectivity index (χ1v) is 10.7. The third kappa shape index (κ3) is 4.54. The summed E-state index contributed by atoms with van der Waals surface area (Å²) in [6.07, 6.45) is 6.74. The molecule has 1 N–H and O–H groups in total. The van der Waals surface area contributed by atoms with E-state index in [0.29, 0.717) is 0 Å². The summed E-state index contributed by atoms with van der Waals surface area (Å²) in [5.74, 6) is -0.109. The van der Waals surface area contributed by atoms with Gasteiger partial charge >= 0.3 is 0 Å². The molecule has 3 aromatic rings. The lowest BCUT2D eigenvalue weighted by Crippen LogP contribution is -2.41. The van der Waals surface area contributed by atoms with Crippen molar-refractivity contribution >= 4 is 16.9 Å². The molecule has 1 fully saturated rings. The number of carbonyl (C=O) groups is 1. The van der Waals surface area contributed by atoms with Crippen LogP contribution in [-0.4, -0.2) is 40.0 Å². The number of aromatic nitrogens is 2. The molecule has 2 aromatic heterocycles. The number of carbonyl (C=O) groups excluding carboxylic acids is 1. The number of nitrogens with zero attached hydrogens (tertiary/aromatic N) is 3. The van der Waals surface area contributed by atoms with E-state index < -0.39 is 0 Å². The second kappa shape index (κ2) is 8.96. The molecule has 30 heavy (non-hydrogen) atoms. The molecule has 0 saturated carbocycles. The molecule has 1 saturated heterocycles. The second-order valence-corrected chi connectivity index (χ2v) is 8.29. The molecule has 4 rings (SSSR count). The molecule has 1 unspecified atom stereocenters. The van der Waals surface area contributed by atoms with Gasteiger partial charge in [-0.25, -0.2) is 9.37 Å². The third-order valence-corrected chi connectivity index (χ3v) is 6.20. The standard InChI is InChI=1S/C24H29FN4O/c1-17(18-5-7-21(25)8-6-18)27-24(30)19-9-13-29(14-10-19)15-11-20-16-28(2)23-22(20)4-3-12-26-23/h3-8,12,16-17,19H,9-11,13-15H2,1-2H3,(H,27,30). The van der Waals surface area contributed by atoms with Gasteiger partial charge in [-0.2, -0.15) is 0 Å². The largest absolute Gasteiger partial charge is 0.349 e. The summed E-state index contributed by atoms with van der Waals surface area (Å²) in [5.41, 5.74) is 3.28. The zero-order chi connectivity index (χ0) is 21.1. The quantitative estimate of drug-likeness (QED) is 0.674. The fourth-order valence-electron chi connectivity index (χ4n) is 4.36. The van der Waals surface area contributed by atoms with Crippen LogP contribution >= 0.6 is 0 Å². The first-order chi connectivity index (χ1) is 14.5. The second-order valence-electron chi connectivity index (χ2n) is 8.29. The molecule has 0 bridgehead atoms. The molecule has 1 aliphatic rings. The van der Waals surface area contributed by atoms with Crippen LogP contribution in [0.5, 0.6) is 0 Å². The summed E-state index contributed by atoms with van der Waals surface area (Å²) in [4.78, 5) is 19.6. The number of halogens is 1. The Morgan fingerprint density at radius 1 is 1.23 bits per heavy atom. The molecule has 5 nitrogen and oxygen atoms in total. The van der Waals surface area contributed by atoms with Crippen LogP contribution in [0.25, 0.3) is 11.0 Å². The van der Waals surface area contributed by atoms with Crippen LogP contribution in [0, 0.1) is 11.7 Å². The number of piperidine rings is 1. The van der Waals surface area contributed by atoms with E-state index in [1.165, 1.54) is 23.1 Å². The van der Waals surface area contributed by atoms with Crippen LogP contribution in [0.15, 0.2) is 48.8 Å². The van der Waals surface area contributed by atoms with E-state index in [9.17, 15) is 9.18 Å². The molecular weight excluding hydrogens is 379 g/mol. The average molecular weight is 409 g/mol. The number of hydrogen-bond donors (Lipinski definition) is 1. The van der Waals surface area contributed by atoms with Crippen molar-refractivity contribution in [3.8, 4) is 0 Å². The number of hydrogen-bond acceptors (Lipinski definition) is 3. The van der Waals surface area contributed by atoms with Gasteiger partial charge in [0.2, 0.25) is 5.91 Å². The van der Waals surface area contributed by atoms with E-state index >= 15 is 0 Å². The zero-order valence-corrected chi connectivity index (χ0v) is 17.6. The van der Waals surface area contributed by atoms with Gasteiger partial charge in [0.05, 0.1) is 6.04 Å². The van der Waals surface area contributed by atoms with Crippen molar-refractivity contribution in [1.82, 2.24) is 19.8 Å². The van der Waals surface area contributed by atoms with Crippen molar-refractivity contribution in [2.75, 3.05) is 19.6 Å². The van der Waals surface area contributed by atoms with Crippen LogP contribution in [-0.2, 0) is 18.3 Å². The van der Waals surface area contributed by atoms with Crippen molar-refractivity contribution < 1.29 is 9.18 Å². The Bertz CT molecular complexity index is 1010. The van der Waals surface area contributed by atoms with E-state index in [0.717, 1.165) is 50.1 Å². The molecule has 1 atom stereocenters. The molecule has 1 amide bonds. The number of likely N-dealkylation sites (tertiary alicyclic amines) is 1. The monoisotopic (exact) mass is 408 g/mol. The molecule has 1 aromatic carbocycles. The van der Waals surface area contributed by atoms with Crippen LogP contribution in [0.2, 0.25) is 0 Å². The van der Waals surface area contributed by atoms with Gasteiger partial charge in [-0.05, 0) is 74.7 Å². The van der Waals surface area contributed by atoms with E-state index in [4.69, 9.17) is 0 Å². The smallest absolute Gasteiger partial charge is 0.223 e. The van der Waals surface area contributed by atoms with Gasteiger partial charge in [-0.15, -0.1) is 0 Å². The summed E-state index contributed by atoms with van der Waals surface area (Å²) in [6, 6.07) is 10.3. The van der Waals surface area contributed by atoms with Gasteiger partial charge in [0.1, 0.15) is 11.5 Å². The summed E-state index contributed by atoms with van der Waals surface area (Å²) < 4.78 is 15.2. The highest BCUT2D eigenvalue weighted by molar-refractivity contribution is 5.80. The highest BCUT2D eigenvalue weighted by Gasteiger charge is 2.26. The van der Waals surface area contributed by atoms with Crippen molar-refractivity contribution in [1.29, 1.82) is 0 Å². The fraction of sp³-hybridized carbons (Fsp3) is 0.417. The number of pyridine rings is 1. The SMILES string of the molecule is CC(NC(=O)C1CCN(CCc2cn(C)c3ncccc23)CC1)c1ccc(F)cc1. The number of nitrogens with one attached hydrogen (secondary N) is 1. The van der Waals surface area contributed by atoms with Gasteiger partial charge < -0.3 is 14.8 Å². The minimum atomic E-state index is -0.260. The Hall–Kier alpha value is -2.73. The van der Waals surface area contributed by atoms with Crippen LogP contribution in [0.3, 0.4) is 0 Å². The van der Waals surface area contributed by atoms with Crippen molar-refractivity contribution in [3.05, 3.63) is 65.7 Å². The lowest BCUT2D eigenvalue weighted by Gasteiger charge is -2.31. The van der Waals surface area contributed by atoms with Gasteiger partial charge in [-0.1, -0.05) is 12.1 Å². The van der Waals surface area contributed by atoms with Crippen LogP contribution in [0.4, 0.5) is 4.39 Å². The Labute approximate surface area is 176 Å². The first kappa shape index (κ1) is 20.5. The van der Waals surface area contributed by atoms with E-state index in [2.05, 4.69) is 32.0 Å². The summed E-state index contributed by atoms with van der Waals surface area (Å²) in [6.45, 7) is 4.81. The number of amides is 1. The highest BCUT2D eigenvalue weighted by Crippen LogP contribution is 2.22. The molecule has 0 aliphatic carbocycles. The normalized spacial score (nSPS) is 16.6. The number of rotatable bonds is 6. The Morgan fingerprint density at radius 2 is 1.97 bits per heavy atom. The third-order valence-electron chi connectivity index (χ3n) is 6.20. The Kier molecular flexibility index (Phi) is 6.13. The molecular formula is C24H29FN4O. The van der Waals surface area contributed by atoms with Crippen molar-refractivity contribution in [2.45, 2.75) is 32.2 Å². The van der Waals surface area contributed by atoms with Crippen molar-refractivity contribution in [2.24, 2.45) is 13.0 Å². The molecule has 158 valence electrons. The van der Waals surface area contributed by atoms with Crippen molar-refractivity contribution in [3.63, 3.8) is 0 Å². The molecule has 6 heteroatoms. The van der Waals surface area contributed by atoms with E-state index in [1.807, 2.05) is 26.2 Å². The lowest BCUT2D eigenvalue weighted by atomic mass is 9.95. The number of aryl methyl sites for hydroxylation is 1. The van der Waals surface area contributed by atoms with Crippen LogP contribution in [0.1, 0.15) is 36.9 Å². The molecule has 0 radical (unpaired) electrons. The topological polar surface area (TPSA) is 50.2 Å². The van der Waals surface area contributed by atoms with Gasteiger partial charge in [0.25, 0.3) is 0 Å². The summed E-state index contributed by atoms with van der Waals surface area (Å²) in [5, 5.41) is 4.32. The zero-order valence-electron chi connectivity index (χ0n) is 17.6. The first-order valence-electron chi connectivity index (χ1n) is 10.7. The number of fused-ring (bicyclic) bond motifs is 1. The Balaban J connectivity index is 1.26. The number of benzene rings is 1. The lowest BCUT2D eigenvalue weighted by molar-refractivity contribution is -0.127. The molecule has 0 spiro atoms. The predicted molar refractivity (Wildman–Crippen MR) is 117 cm³/mol. The van der Waals surface area contributed by atoms with Gasteiger partial charge in [-0.3, -0.25) is 4.79 Å². The maximum absolute atomic E-state index is 13.1. The Morgan fingerprint density at radius 3 is 2.70 bits per heavy atom. The minimum absolute atomic E-state index is 0.0471. The van der Waals surface area contributed by atoms with E-state index in [1.54, 1.807) is 12.1 Å². The minimum Gasteiger partial charge on any atom is -0.349 e. The fourth-order valence-corrected chi connectivity index (χ4v) is 4.36. The van der Waals surface area contributed by atoms with Crippen LogP contribution < -0.4 is 5.32 Å². The maximum Gasteiger partial charge on any atom is 0.223 e. The average Bonchev–Trinajstić information content (AvgIpc) is 3.09. The van der Waals surface area contributed by atoms with Gasteiger partial charge in [0.15, 0.2) is 0 Å². The van der Waals surface area contributed by atoms with E-state index in [-0.39, 0.29) is 23.7 Å². The highest BCUT2D eigenvalue weighted by atomic mass is 19.1.